The molecule has 6 nitrogen and oxygen atoms in total. The highest BCUT2D eigenvalue weighted by Gasteiger charge is 2.18. The minimum absolute atomic E-state index is 0.0750. The van der Waals surface area contributed by atoms with E-state index in [0.717, 1.165) is 5.39 Å². The van der Waals surface area contributed by atoms with E-state index < -0.39 is 11.9 Å². The molecule has 2 heterocycles. The van der Waals surface area contributed by atoms with Crippen LogP contribution >= 0.6 is 0 Å². The van der Waals surface area contributed by atoms with Gasteiger partial charge >= 0.3 is 11.9 Å². The molecular formula is C14H10O6. The number of carbonyl (C=O) groups excluding carboxylic acids is 2. The Morgan fingerprint density at radius 3 is 2.25 bits per heavy atom. The number of rotatable bonds is 2. The number of carbonyl (C=O) groups is 2. The molecule has 102 valence electrons. The van der Waals surface area contributed by atoms with Gasteiger partial charge in [-0.2, -0.15) is 0 Å². The van der Waals surface area contributed by atoms with Crippen molar-refractivity contribution in [3.63, 3.8) is 0 Å². The van der Waals surface area contributed by atoms with E-state index in [2.05, 4.69) is 9.47 Å². The van der Waals surface area contributed by atoms with Gasteiger partial charge in [-0.05, 0) is 18.2 Å². The van der Waals surface area contributed by atoms with Crippen LogP contribution in [0.5, 0.6) is 0 Å². The number of methoxy groups -OCH3 is 2. The largest absolute Gasteiger partial charge is 0.463 e. The molecule has 0 spiro atoms. The van der Waals surface area contributed by atoms with Crippen molar-refractivity contribution in [2.75, 3.05) is 14.2 Å². The third-order valence-corrected chi connectivity index (χ3v) is 2.95. The topological polar surface area (TPSA) is 78.9 Å². The van der Waals surface area contributed by atoms with E-state index in [9.17, 15) is 9.59 Å². The van der Waals surface area contributed by atoms with Crippen molar-refractivity contribution in [2.24, 2.45) is 0 Å². The van der Waals surface area contributed by atoms with Gasteiger partial charge in [-0.3, -0.25) is 0 Å². The van der Waals surface area contributed by atoms with Crippen molar-refractivity contribution in [1.29, 1.82) is 0 Å². The molecule has 0 unspecified atom stereocenters. The minimum atomic E-state index is -0.575. The van der Waals surface area contributed by atoms with Gasteiger partial charge in [0, 0.05) is 11.5 Å². The molecule has 3 rings (SSSR count). The summed E-state index contributed by atoms with van der Waals surface area (Å²) in [4.78, 5) is 22.9. The number of fused-ring (bicyclic) bond motifs is 3. The van der Waals surface area contributed by atoms with E-state index in [1.54, 1.807) is 18.2 Å². The summed E-state index contributed by atoms with van der Waals surface area (Å²) in [6, 6.07) is 6.53. The van der Waals surface area contributed by atoms with Crippen LogP contribution in [0.3, 0.4) is 0 Å². The molecular weight excluding hydrogens is 264 g/mol. The lowest BCUT2D eigenvalue weighted by Gasteiger charge is -1.91. The maximum atomic E-state index is 11.5. The van der Waals surface area contributed by atoms with Crippen molar-refractivity contribution in [2.45, 2.75) is 0 Å². The molecule has 0 aliphatic heterocycles. The molecule has 0 saturated carbocycles. The summed E-state index contributed by atoms with van der Waals surface area (Å²) in [5.74, 6) is -0.970. The second kappa shape index (κ2) is 4.41. The molecule has 0 saturated heterocycles. The van der Waals surface area contributed by atoms with E-state index in [-0.39, 0.29) is 11.5 Å². The Bertz CT molecular complexity index is 753. The molecule has 0 aliphatic carbocycles. The molecule has 20 heavy (non-hydrogen) atoms. The van der Waals surface area contributed by atoms with Crippen molar-refractivity contribution in [1.82, 2.24) is 0 Å². The molecule has 0 bridgehead atoms. The first kappa shape index (κ1) is 12.3. The van der Waals surface area contributed by atoms with Crippen LogP contribution in [0.1, 0.15) is 21.1 Å². The number of hydrogen-bond donors (Lipinski definition) is 0. The Labute approximate surface area is 112 Å². The molecule has 0 amide bonds. The lowest BCUT2D eigenvalue weighted by molar-refractivity contribution is 0.0559. The van der Waals surface area contributed by atoms with Gasteiger partial charge < -0.3 is 18.3 Å². The third-order valence-electron chi connectivity index (χ3n) is 2.95. The quantitative estimate of drug-likeness (QED) is 0.668. The van der Waals surface area contributed by atoms with Crippen LogP contribution in [0.4, 0.5) is 0 Å². The van der Waals surface area contributed by atoms with Crippen LogP contribution in [0.2, 0.25) is 0 Å². The average molecular weight is 274 g/mol. The monoisotopic (exact) mass is 274 g/mol. The van der Waals surface area contributed by atoms with E-state index in [4.69, 9.17) is 8.83 Å². The zero-order chi connectivity index (χ0) is 14.3. The minimum Gasteiger partial charge on any atom is -0.463 e. The Hall–Kier alpha value is -2.76. The van der Waals surface area contributed by atoms with Gasteiger partial charge in [0.1, 0.15) is 11.2 Å². The van der Waals surface area contributed by atoms with Crippen LogP contribution < -0.4 is 0 Å². The highest BCUT2D eigenvalue weighted by molar-refractivity contribution is 6.07. The predicted molar refractivity (Wildman–Crippen MR) is 68.7 cm³/mol. The number of esters is 2. The number of ether oxygens (including phenoxy) is 2. The first-order valence-electron chi connectivity index (χ1n) is 5.76. The fraction of sp³-hybridized carbons (Fsp3) is 0.143. The Kier molecular flexibility index (Phi) is 2.71. The first-order chi connectivity index (χ1) is 9.63. The van der Waals surface area contributed by atoms with Gasteiger partial charge in [0.25, 0.3) is 0 Å². The fourth-order valence-corrected chi connectivity index (χ4v) is 2.01. The normalized spacial score (nSPS) is 10.9. The van der Waals surface area contributed by atoms with Crippen LogP contribution in [0.15, 0.2) is 33.1 Å². The lowest BCUT2D eigenvalue weighted by atomic mass is 10.2. The van der Waals surface area contributed by atoms with E-state index >= 15 is 0 Å². The summed E-state index contributed by atoms with van der Waals surface area (Å²) in [6.07, 6.45) is 0. The van der Waals surface area contributed by atoms with Crippen molar-refractivity contribution in [3.8, 4) is 0 Å². The molecule has 2 aromatic heterocycles. The summed E-state index contributed by atoms with van der Waals surface area (Å²) in [7, 11) is 2.55. The average Bonchev–Trinajstić information content (AvgIpc) is 3.08. The zero-order valence-electron chi connectivity index (χ0n) is 10.8. The van der Waals surface area contributed by atoms with Crippen molar-refractivity contribution in [3.05, 3.63) is 35.8 Å². The van der Waals surface area contributed by atoms with Crippen LogP contribution in [-0.4, -0.2) is 26.2 Å². The molecule has 6 heteroatoms. The van der Waals surface area contributed by atoms with E-state index in [1.165, 1.54) is 20.3 Å². The molecule has 0 atom stereocenters. The Morgan fingerprint density at radius 1 is 0.950 bits per heavy atom. The van der Waals surface area contributed by atoms with E-state index in [1.807, 2.05) is 0 Å². The maximum absolute atomic E-state index is 11.5. The summed E-state index contributed by atoms with van der Waals surface area (Å²) >= 11 is 0. The second-order valence-corrected chi connectivity index (χ2v) is 4.10. The molecule has 1 aromatic carbocycles. The molecule has 0 fully saturated rings. The van der Waals surface area contributed by atoms with Crippen LogP contribution in [-0.2, 0) is 9.47 Å². The van der Waals surface area contributed by atoms with Gasteiger partial charge in [0.15, 0.2) is 0 Å². The van der Waals surface area contributed by atoms with E-state index in [0.29, 0.717) is 16.6 Å². The first-order valence-corrected chi connectivity index (χ1v) is 5.76. The molecule has 3 aromatic rings. The van der Waals surface area contributed by atoms with Crippen LogP contribution in [0, 0.1) is 0 Å². The van der Waals surface area contributed by atoms with Gasteiger partial charge in [-0.1, -0.05) is 0 Å². The summed E-state index contributed by atoms with van der Waals surface area (Å²) in [5.41, 5.74) is 0.936. The molecule has 0 aliphatic rings. The number of benzene rings is 1. The smallest absolute Gasteiger partial charge is 0.373 e. The predicted octanol–water partition coefficient (Wildman–Crippen LogP) is 2.75. The third kappa shape index (κ3) is 1.73. The lowest BCUT2D eigenvalue weighted by Crippen LogP contribution is -1.98. The fourth-order valence-electron chi connectivity index (χ4n) is 2.01. The Balaban J connectivity index is 2.23. The van der Waals surface area contributed by atoms with Crippen LogP contribution in [0.25, 0.3) is 21.9 Å². The summed E-state index contributed by atoms with van der Waals surface area (Å²) in [6.45, 7) is 0. The van der Waals surface area contributed by atoms with Gasteiger partial charge in [0.2, 0.25) is 11.5 Å². The molecule has 0 radical (unpaired) electrons. The number of hydrogen-bond acceptors (Lipinski definition) is 6. The van der Waals surface area contributed by atoms with Crippen molar-refractivity contribution >= 4 is 33.9 Å². The maximum Gasteiger partial charge on any atom is 0.373 e. The molecule has 0 N–H and O–H groups in total. The van der Waals surface area contributed by atoms with Gasteiger partial charge in [-0.25, -0.2) is 9.59 Å². The highest BCUT2D eigenvalue weighted by Crippen LogP contribution is 2.31. The summed E-state index contributed by atoms with van der Waals surface area (Å²) in [5, 5.41) is 1.31. The van der Waals surface area contributed by atoms with Crippen molar-refractivity contribution < 1.29 is 27.9 Å². The summed E-state index contributed by atoms with van der Waals surface area (Å²) < 4.78 is 20.1. The second-order valence-electron chi connectivity index (χ2n) is 4.10. The van der Waals surface area contributed by atoms with Gasteiger partial charge in [0.05, 0.1) is 19.6 Å². The highest BCUT2D eigenvalue weighted by atomic mass is 16.5. The zero-order valence-corrected chi connectivity index (χ0v) is 10.8. The Morgan fingerprint density at radius 2 is 1.60 bits per heavy atom. The number of furan rings is 2. The SMILES string of the molecule is COC(=O)c1cc2c(ccc3cc(C(=O)OC)oc32)o1. The van der Waals surface area contributed by atoms with Gasteiger partial charge in [-0.15, -0.1) is 0 Å². The standard InChI is InChI=1S/C14H10O6/c1-17-13(15)10-5-7-3-4-9-8(12(7)20-10)6-11(19-9)14(16)18-2/h3-6H,1-2H3.